The summed E-state index contributed by atoms with van der Waals surface area (Å²) in [5.74, 6) is -0.715. The van der Waals surface area contributed by atoms with Gasteiger partial charge in [-0.2, -0.15) is 0 Å². The van der Waals surface area contributed by atoms with Crippen molar-refractivity contribution in [1.82, 2.24) is 4.90 Å². The van der Waals surface area contributed by atoms with E-state index in [-0.39, 0.29) is 6.04 Å². The molecule has 1 aromatic rings. The van der Waals surface area contributed by atoms with Crippen LogP contribution in [0, 0.1) is 11.6 Å². The zero-order valence-electron chi connectivity index (χ0n) is 11.5. The molecule has 19 heavy (non-hydrogen) atoms. The lowest BCUT2D eigenvalue weighted by atomic mass is 9.89. The molecule has 1 aliphatic heterocycles. The first-order valence-corrected chi connectivity index (χ1v) is 6.45. The normalized spacial score (nSPS) is 24.5. The van der Waals surface area contributed by atoms with Gasteiger partial charge in [0.1, 0.15) is 11.6 Å². The number of hydrogen-bond acceptors (Lipinski definition) is 3. The highest BCUT2D eigenvalue weighted by atomic mass is 19.1. The molecule has 1 heterocycles. The molecule has 0 saturated carbocycles. The van der Waals surface area contributed by atoms with Gasteiger partial charge in [-0.05, 0) is 26.3 Å². The Labute approximate surface area is 112 Å². The summed E-state index contributed by atoms with van der Waals surface area (Å²) in [6.45, 7) is 6.33. The number of nitrogens with two attached hydrogens (primary N) is 1. The summed E-state index contributed by atoms with van der Waals surface area (Å²) >= 11 is 0. The van der Waals surface area contributed by atoms with E-state index in [9.17, 15) is 8.78 Å². The third-order valence-corrected chi connectivity index (χ3v) is 3.87. The maximum absolute atomic E-state index is 14.1. The van der Waals surface area contributed by atoms with Crippen LogP contribution in [-0.4, -0.2) is 23.4 Å². The van der Waals surface area contributed by atoms with Crippen LogP contribution in [-0.2, 0) is 5.54 Å². The Balaban J connectivity index is 2.47. The van der Waals surface area contributed by atoms with E-state index in [1.165, 1.54) is 12.1 Å². The molecule has 2 atom stereocenters. The maximum atomic E-state index is 14.1. The minimum absolute atomic E-state index is 0.140. The Morgan fingerprint density at radius 2 is 2.16 bits per heavy atom. The van der Waals surface area contributed by atoms with E-state index in [4.69, 9.17) is 5.73 Å². The zero-order chi connectivity index (χ0) is 14.2. The summed E-state index contributed by atoms with van der Waals surface area (Å²) in [4.78, 5) is 6.16. The molecule has 1 aromatic carbocycles. The number of rotatable bonds is 3. The van der Waals surface area contributed by atoms with Crippen LogP contribution in [0.2, 0.25) is 0 Å². The minimum atomic E-state index is -0.655. The van der Waals surface area contributed by atoms with Crippen LogP contribution in [0.4, 0.5) is 8.78 Å². The Kier molecular flexibility index (Phi) is 3.47. The number of hydrogen-bond donors (Lipinski definition) is 1. The fraction of sp³-hybridized carbons (Fsp3) is 0.500. The van der Waals surface area contributed by atoms with Crippen molar-refractivity contribution < 1.29 is 8.78 Å². The molecule has 2 unspecified atom stereocenters. The molecule has 5 heteroatoms. The largest absolute Gasteiger partial charge is 0.370 e. The molecule has 0 aromatic heterocycles. The molecule has 1 aliphatic rings. The fourth-order valence-electron chi connectivity index (χ4n) is 2.68. The van der Waals surface area contributed by atoms with E-state index in [2.05, 4.69) is 4.99 Å². The topological polar surface area (TPSA) is 41.6 Å². The first-order chi connectivity index (χ1) is 8.90. The Hall–Kier alpha value is -1.65. The van der Waals surface area contributed by atoms with Gasteiger partial charge in [-0.1, -0.05) is 13.0 Å². The standard InChI is InChI=1S/C14H19F2N3/c1-4-9(2)19-13(17)18-8-14(19,3)11-6-5-10(15)7-12(11)16/h5-7,9H,4,8H2,1-3H3,(H2,17,18). The molecular weight excluding hydrogens is 248 g/mol. The average Bonchev–Trinajstić information content (AvgIpc) is 2.65. The second kappa shape index (κ2) is 4.79. The van der Waals surface area contributed by atoms with Crippen molar-refractivity contribution in [2.75, 3.05) is 6.54 Å². The van der Waals surface area contributed by atoms with Gasteiger partial charge >= 0.3 is 0 Å². The van der Waals surface area contributed by atoms with E-state index in [0.717, 1.165) is 12.5 Å². The van der Waals surface area contributed by atoms with Crippen LogP contribution >= 0.6 is 0 Å². The summed E-state index contributed by atoms with van der Waals surface area (Å²) < 4.78 is 27.1. The van der Waals surface area contributed by atoms with Crippen LogP contribution in [0.15, 0.2) is 23.2 Å². The van der Waals surface area contributed by atoms with E-state index >= 15 is 0 Å². The van der Waals surface area contributed by atoms with Gasteiger partial charge < -0.3 is 10.6 Å². The molecule has 0 saturated heterocycles. The summed E-state index contributed by atoms with van der Waals surface area (Å²) in [5.41, 5.74) is 5.70. The van der Waals surface area contributed by atoms with Gasteiger partial charge in [0.05, 0.1) is 12.1 Å². The quantitative estimate of drug-likeness (QED) is 0.914. The van der Waals surface area contributed by atoms with Crippen molar-refractivity contribution in [2.24, 2.45) is 10.7 Å². The van der Waals surface area contributed by atoms with Gasteiger partial charge in [0, 0.05) is 17.7 Å². The minimum Gasteiger partial charge on any atom is -0.370 e. The zero-order valence-corrected chi connectivity index (χ0v) is 11.5. The van der Waals surface area contributed by atoms with Gasteiger partial charge in [-0.15, -0.1) is 0 Å². The fourth-order valence-corrected chi connectivity index (χ4v) is 2.68. The van der Waals surface area contributed by atoms with Crippen molar-refractivity contribution in [2.45, 2.75) is 38.8 Å². The predicted molar refractivity (Wildman–Crippen MR) is 71.8 cm³/mol. The van der Waals surface area contributed by atoms with Crippen molar-refractivity contribution in [3.63, 3.8) is 0 Å². The average molecular weight is 267 g/mol. The van der Waals surface area contributed by atoms with E-state index in [1.807, 2.05) is 25.7 Å². The molecule has 0 fully saturated rings. The molecule has 0 bridgehead atoms. The van der Waals surface area contributed by atoms with Gasteiger partial charge in [-0.25, -0.2) is 8.78 Å². The SMILES string of the molecule is CCC(C)N1C(N)=NCC1(C)c1ccc(F)cc1F. The highest BCUT2D eigenvalue weighted by molar-refractivity contribution is 5.81. The predicted octanol–water partition coefficient (Wildman–Crippen LogP) is 2.61. The molecular formula is C14H19F2N3. The van der Waals surface area contributed by atoms with E-state index in [0.29, 0.717) is 18.1 Å². The van der Waals surface area contributed by atoms with Gasteiger partial charge in [0.25, 0.3) is 0 Å². The molecule has 2 N–H and O–H groups in total. The lowest BCUT2D eigenvalue weighted by molar-refractivity contribution is 0.166. The first-order valence-electron chi connectivity index (χ1n) is 6.45. The number of benzene rings is 1. The monoisotopic (exact) mass is 267 g/mol. The summed E-state index contributed by atoms with van der Waals surface area (Å²) in [6, 6.07) is 3.80. The molecule has 2 rings (SSSR count). The van der Waals surface area contributed by atoms with Crippen molar-refractivity contribution in [3.8, 4) is 0 Å². The third kappa shape index (κ3) is 2.17. The lowest BCUT2D eigenvalue weighted by Crippen LogP contribution is -2.52. The van der Waals surface area contributed by atoms with E-state index in [1.54, 1.807) is 0 Å². The van der Waals surface area contributed by atoms with E-state index < -0.39 is 17.2 Å². The number of nitrogens with zero attached hydrogens (tertiary/aromatic N) is 2. The molecule has 0 spiro atoms. The molecule has 0 amide bonds. The number of halogens is 2. The first kappa shape index (κ1) is 13.8. The van der Waals surface area contributed by atoms with Crippen LogP contribution in [0.3, 0.4) is 0 Å². The highest BCUT2D eigenvalue weighted by Crippen LogP contribution is 2.36. The Morgan fingerprint density at radius 1 is 1.47 bits per heavy atom. The summed E-state index contributed by atoms with van der Waals surface area (Å²) in [5, 5.41) is 0. The Bertz CT molecular complexity index is 515. The van der Waals surface area contributed by atoms with Gasteiger partial charge in [-0.3, -0.25) is 4.99 Å². The van der Waals surface area contributed by atoms with Crippen LogP contribution in [0.25, 0.3) is 0 Å². The van der Waals surface area contributed by atoms with Crippen molar-refractivity contribution in [3.05, 3.63) is 35.4 Å². The van der Waals surface area contributed by atoms with Gasteiger partial charge in [0.2, 0.25) is 0 Å². The molecule has 0 aliphatic carbocycles. The molecule has 0 radical (unpaired) electrons. The highest BCUT2D eigenvalue weighted by Gasteiger charge is 2.43. The maximum Gasteiger partial charge on any atom is 0.192 e. The van der Waals surface area contributed by atoms with Crippen molar-refractivity contribution >= 4 is 5.96 Å². The van der Waals surface area contributed by atoms with Crippen LogP contribution in [0.1, 0.15) is 32.8 Å². The third-order valence-electron chi connectivity index (χ3n) is 3.87. The second-order valence-electron chi connectivity index (χ2n) is 5.20. The van der Waals surface area contributed by atoms with Gasteiger partial charge in [0.15, 0.2) is 5.96 Å². The number of guanidine groups is 1. The lowest BCUT2D eigenvalue weighted by Gasteiger charge is -2.40. The summed E-state index contributed by atoms with van der Waals surface area (Å²) in [7, 11) is 0. The number of aliphatic imine (C=N–C) groups is 1. The van der Waals surface area contributed by atoms with Crippen molar-refractivity contribution in [1.29, 1.82) is 0 Å². The van der Waals surface area contributed by atoms with Crippen LogP contribution < -0.4 is 5.73 Å². The smallest absolute Gasteiger partial charge is 0.192 e. The van der Waals surface area contributed by atoms with Crippen LogP contribution in [0.5, 0.6) is 0 Å². The Morgan fingerprint density at radius 3 is 2.74 bits per heavy atom. The molecule has 3 nitrogen and oxygen atoms in total. The second-order valence-corrected chi connectivity index (χ2v) is 5.20. The molecule has 104 valence electrons. The summed E-state index contributed by atoms with van der Waals surface area (Å²) in [6.07, 6.45) is 0.870.